The maximum absolute atomic E-state index is 5.10. The first-order valence-electron chi connectivity index (χ1n) is 3.36. The first kappa shape index (κ1) is 7.54. The number of nitrogens with zero attached hydrogens (tertiary/aromatic N) is 3. The van der Waals surface area contributed by atoms with E-state index in [0.717, 1.165) is 5.75 Å². The normalized spacial score (nSPS) is 10.5. The molecule has 2 heterocycles. The predicted molar refractivity (Wildman–Crippen MR) is 47.2 cm³/mol. The van der Waals surface area contributed by atoms with Crippen LogP contribution in [0.5, 0.6) is 5.75 Å². The summed E-state index contributed by atoms with van der Waals surface area (Å²) < 4.78 is 7.58. The van der Waals surface area contributed by atoms with E-state index >= 15 is 0 Å². The summed E-state index contributed by atoms with van der Waals surface area (Å²) >= 11 is 3.26. The van der Waals surface area contributed by atoms with Crippen LogP contribution in [0.3, 0.4) is 0 Å². The van der Waals surface area contributed by atoms with Gasteiger partial charge < -0.3 is 4.74 Å². The van der Waals surface area contributed by atoms with Crippen LogP contribution >= 0.6 is 15.9 Å². The fourth-order valence-corrected chi connectivity index (χ4v) is 1.39. The van der Waals surface area contributed by atoms with Gasteiger partial charge in [0, 0.05) is 6.20 Å². The predicted octanol–water partition coefficient (Wildman–Crippen LogP) is 1.50. The zero-order valence-electron chi connectivity index (χ0n) is 6.36. The van der Waals surface area contributed by atoms with Gasteiger partial charge in [-0.2, -0.15) is 0 Å². The van der Waals surface area contributed by atoms with Gasteiger partial charge in [-0.1, -0.05) is 0 Å². The lowest BCUT2D eigenvalue weighted by atomic mass is 10.4. The second kappa shape index (κ2) is 2.75. The number of halogens is 1. The van der Waals surface area contributed by atoms with E-state index < -0.39 is 0 Å². The molecule has 0 fully saturated rings. The van der Waals surface area contributed by atoms with E-state index in [1.54, 1.807) is 11.5 Å². The number of ether oxygens (including phenoxy) is 1. The van der Waals surface area contributed by atoms with E-state index in [2.05, 4.69) is 26.1 Å². The standard InChI is InChI=1S/C7H6BrN3O/c1-12-5-3-2-4-11-6(5)9-10-7(11)8/h2-4H,1H3. The number of hydrogen-bond donors (Lipinski definition) is 0. The smallest absolute Gasteiger partial charge is 0.204 e. The van der Waals surface area contributed by atoms with Crippen LogP contribution in [0.1, 0.15) is 0 Å². The fourth-order valence-electron chi connectivity index (χ4n) is 1.02. The van der Waals surface area contributed by atoms with Crippen molar-refractivity contribution in [3.05, 3.63) is 23.1 Å². The summed E-state index contributed by atoms with van der Waals surface area (Å²) in [5.41, 5.74) is 0.715. The minimum atomic E-state index is 0.677. The molecule has 0 N–H and O–H groups in total. The molecule has 0 unspecified atom stereocenters. The SMILES string of the molecule is COc1cccn2c(Br)nnc12. The summed E-state index contributed by atoms with van der Waals surface area (Å²) in [7, 11) is 1.61. The van der Waals surface area contributed by atoms with Gasteiger partial charge in [-0.15, -0.1) is 10.2 Å². The quantitative estimate of drug-likeness (QED) is 0.742. The number of methoxy groups -OCH3 is 1. The first-order chi connectivity index (χ1) is 5.83. The third-order valence-electron chi connectivity index (χ3n) is 1.58. The second-order valence-electron chi connectivity index (χ2n) is 2.24. The average Bonchev–Trinajstić information content (AvgIpc) is 2.48. The van der Waals surface area contributed by atoms with Gasteiger partial charge in [-0.25, -0.2) is 0 Å². The van der Waals surface area contributed by atoms with E-state index in [9.17, 15) is 0 Å². The van der Waals surface area contributed by atoms with Gasteiger partial charge in [-0.05, 0) is 28.1 Å². The summed E-state index contributed by atoms with van der Waals surface area (Å²) in [5.74, 6) is 0.718. The summed E-state index contributed by atoms with van der Waals surface area (Å²) in [6.45, 7) is 0. The van der Waals surface area contributed by atoms with Crippen LogP contribution in [0.15, 0.2) is 23.1 Å². The zero-order valence-corrected chi connectivity index (χ0v) is 7.95. The third-order valence-corrected chi connectivity index (χ3v) is 2.12. The Morgan fingerprint density at radius 1 is 1.50 bits per heavy atom. The molecule has 0 aliphatic carbocycles. The van der Waals surface area contributed by atoms with Crippen LogP contribution in [0, 0.1) is 0 Å². The van der Waals surface area contributed by atoms with Crippen LogP contribution in [0.25, 0.3) is 5.65 Å². The van der Waals surface area contributed by atoms with Gasteiger partial charge in [-0.3, -0.25) is 4.40 Å². The van der Waals surface area contributed by atoms with Gasteiger partial charge in [0.25, 0.3) is 0 Å². The van der Waals surface area contributed by atoms with E-state index in [4.69, 9.17) is 4.74 Å². The molecule has 0 bridgehead atoms. The minimum absolute atomic E-state index is 0.677. The second-order valence-corrected chi connectivity index (χ2v) is 2.95. The van der Waals surface area contributed by atoms with Crippen molar-refractivity contribution in [2.24, 2.45) is 0 Å². The Balaban J connectivity index is 2.81. The van der Waals surface area contributed by atoms with Crippen molar-refractivity contribution in [2.75, 3.05) is 7.11 Å². The minimum Gasteiger partial charge on any atom is -0.493 e. The molecule has 0 aromatic carbocycles. The number of hydrogen-bond acceptors (Lipinski definition) is 3. The summed E-state index contributed by atoms with van der Waals surface area (Å²) in [6.07, 6.45) is 1.86. The van der Waals surface area contributed by atoms with Crippen molar-refractivity contribution in [1.29, 1.82) is 0 Å². The number of pyridine rings is 1. The van der Waals surface area contributed by atoms with Crippen molar-refractivity contribution >= 4 is 21.6 Å². The zero-order chi connectivity index (χ0) is 8.55. The van der Waals surface area contributed by atoms with Crippen molar-refractivity contribution in [2.45, 2.75) is 0 Å². The summed E-state index contributed by atoms with van der Waals surface area (Å²) in [5, 5.41) is 7.78. The molecule has 0 saturated heterocycles. The Morgan fingerprint density at radius 3 is 3.08 bits per heavy atom. The van der Waals surface area contributed by atoms with Crippen molar-refractivity contribution < 1.29 is 4.74 Å². The average molecular weight is 228 g/mol. The van der Waals surface area contributed by atoms with E-state index in [-0.39, 0.29) is 0 Å². The molecule has 0 atom stereocenters. The number of rotatable bonds is 1. The highest BCUT2D eigenvalue weighted by molar-refractivity contribution is 9.10. The maximum Gasteiger partial charge on any atom is 0.204 e. The highest BCUT2D eigenvalue weighted by Gasteiger charge is 2.05. The molecular weight excluding hydrogens is 222 g/mol. The lowest BCUT2D eigenvalue weighted by Crippen LogP contribution is -1.89. The third kappa shape index (κ3) is 0.972. The first-order valence-corrected chi connectivity index (χ1v) is 4.15. The Labute approximate surface area is 77.3 Å². The molecule has 5 heteroatoms. The molecule has 2 rings (SSSR count). The van der Waals surface area contributed by atoms with Gasteiger partial charge in [0.15, 0.2) is 5.75 Å². The molecule has 0 aliphatic rings. The van der Waals surface area contributed by atoms with Crippen LogP contribution < -0.4 is 4.74 Å². The van der Waals surface area contributed by atoms with Gasteiger partial charge in [0.1, 0.15) is 0 Å². The van der Waals surface area contributed by atoms with E-state index in [1.165, 1.54) is 0 Å². The molecule has 2 aromatic rings. The van der Waals surface area contributed by atoms with Gasteiger partial charge >= 0.3 is 0 Å². The largest absolute Gasteiger partial charge is 0.493 e. The van der Waals surface area contributed by atoms with Crippen molar-refractivity contribution in [3.63, 3.8) is 0 Å². The lowest BCUT2D eigenvalue weighted by Gasteiger charge is -1.99. The van der Waals surface area contributed by atoms with E-state index in [1.807, 2.05) is 18.3 Å². The topological polar surface area (TPSA) is 39.4 Å². The highest BCUT2D eigenvalue weighted by atomic mass is 79.9. The molecule has 2 aromatic heterocycles. The molecular formula is C7H6BrN3O. The van der Waals surface area contributed by atoms with Crippen molar-refractivity contribution in [1.82, 2.24) is 14.6 Å². The van der Waals surface area contributed by atoms with Crippen LogP contribution in [-0.4, -0.2) is 21.7 Å². The Morgan fingerprint density at radius 2 is 2.33 bits per heavy atom. The summed E-state index contributed by atoms with van der Waals surface area (Å²) in [6, 6.07) is 3.72. The van der Waals surface area contributed by atoms with E-state index in [0.29, 0.717) is 10.4 Å². The molecule has 62 valence electrons. The molecule has 0 radical (unpaired) electrons. The molecule has 4 nitrogen and oxygen atoms in total. The monoisotopic (exact) mass is 227 g/mol. The number of fused-ring (bicyclic) bond motifs is 1. The van der Waals surface area contributed by atoms with Crippen LogP contribution in [-0.2, 0) is 0 Å². The Kier molecular flexibility index (Phi) is 1.73. The molecule has 0 amide bonds. The Bertz CT molecular complexity index is 412. The molecule has 12 heavy (non-hydrogen) atoms. The van der Waals surface area contributed by atoms with Gasteiger partial charge in [0.05, 0.1) is 7.11 Å². The lowest BCUT2D eigenvalue weighted by molar-refractivity contribution is 0.417. The van der Waals surface area contributed by atoms with Crippen LogP contribution in [0.2, 0.25) is 0 Å². The van der Waals surface area contributed by atoms with Crippen molar-refractivity contribution in [3.8, 4) is 5.75 Å². The molecule has 0 spiro atoms. The summed E-state index contributed by atoms with van der Waals surface area (Å²) in [4.78, 5) is 0. The molecule has 0 saturated carbocycles. The van der Waals surface area contributed by atoms with Gasteiger partial charge in [0.2, 0.25) is 10.4 Å². The highest BCUT2D eigenvalue weighted by Crippen LogP contribution is 2.19. The fraction of sp³-hybridized carbons (Fsp3) is 0.143. The number of aromatic nitrogens is 3. The Hall–Kier alpha value is -1.10. The molecule has 0 aliphatic heterocycles. The van der Waals surface area contributed by atoms with Crippen LogP contribution in [0.4, 0.5) is 0 Å². The maximum atomic E-state index is 5.10.